The molecule has 0 fully saturated rings. The molecule has 0 atom stereocenters. The highest BCUT2D eigenvalue weighted by Crippen LogP contribution is 2.21. The van der Waals surface area contributed by atoms with Gasteiger partial charge in [0.05, 0.1) is 18.1 Å². The third-order valence-electron chi connectivity index (χ3n) is 2.36. The number of hydrogen-bond donors (Lipinski definition) is 2. The predicted octanol–water partition coefficient (Wildman–Crippen LogP) is 2.92. The Balaban J connectivity index is 2.10. The van der Waals surface area contributed by atoms with Crippen LogP contribution in [0.3, 0.4) is 0 Å². The van der Waals surface area contributed by atoms with E-state index in [1.54, 1.807) is 6.20 Å². The molecule has 0 saturated carbocycles. The molecule has 2 aromatic rings. The highest BCUT2D eigenvalue weighted by atomic mass is 79.9. The zero-order valence-electron chi connectivity index (χ0n) is 10.4. The van der Waals surface area contributed by atoms with Crippen molar-refractivity contribution in [2.75, 3.05) is 17.2 Å². The SMILES string of the molecule is CCNc1cnc(C(=O)Nc2ccccc2Br)cn1. The second-order valence-corrected chi connectivity index (χ2v) is 4.61. The van der Waals surface area contributed by atoms with Gasteiger partial charge in [-0.05, 0) is 35.0 Å². The summed E-state index contributed by atoms with van der Waals surface area (Å²) in [6, 6.07) is 7.39. The van der Waals surface area contributed by atoms with Crippen molar-refractivity contribution in [2.24, 2.45) is 0 Å². The molecule has 0 saturated heterocycles. The summed E-state index contributed by atoms with van der Waals surface area (Å²) >= 11 is 3.37. The van der Waals surface area contributed by atoms with Gasteiger partial charge in [0.1, 0.15) is 11.5 Å². The van der Waals surface area contributed by atoms with Crippen molar-refractivity contribution >= 4 is 33.3 Å². The number of amides is 1. The zero-order valence-corrected chi connectivity index (χ0v) is 11.9. The van der Waals surface area contributed by atoms with Crippen LogP contribution < -0.4 is 10.6 Å². The molecular formula is C13H13BrN4O. The molecule has 0 spiro atoms. The van der Waals surface area contributed by atoms with E-state index in [2.05, 4.69) is 36.5 Å². The lowest BCUT2D eigenvalue weighted by atomic mass is 10.3. The van der Waals surface area contributed by atoms with Gasteiger partial charge in [-0.15, -0.1) is 0 Å². The smallest absolute Gasteiger partial charge is 0.275 e. The van der Waals surface area contributed by atoms with E-state index in [1.165, 1.54) is 6.20 Å². The molecule has 6 heteroatoms. The predicted molar refractivity (Wildman–Crippen MR) is 78.3 cm³/mol. The molecule has 1 aromatic heterocycles. The van der Waals surface area contributed by atoms with Gasteiger partial charge in [-0.2, -0.15) is 0 Å². The topological polar surface area (TPSA) is 66.9 Å². The average Bonchev–Trinajstić information content (AvgIpc) is 2.42. The first-order valence-corrected chi connectivity index (χ1v) is 6.62. The van der Waals surface area contributed by atoms with Gasteiger partial charge in [0.2, 0.25) is 0 Å². The van der Waals surface area contributed by atoms with Crippen LogP contribution in [0, 0.1) is 0 Å². The molecule has 1 heterocycles. The van der Waals surface area contributed by atoms with E-state index in [9.17, 15) is 4.79 Å². The number of nitrogens with zero attached hydrogens (tertiary/aromatic N) is 2. The van der Waals surface area contributed by atoms with Gasteiger partial charge in [0.15, 0.2) is 0 Å². The molecule has 0 aliphatic carbocycles. The number of para-hydroxylation sites is 1. The molecule has 2 rings (SSSR count). The maximum Gasteiger partial charge on any atom is 0.275 e. The summed E-state index contributed by atoms with van der Waals surface area (Å²) in [4.78, 5) is 20.2. The molecule has 0 aliphatic heterocycles. The maximum absolute atomic E-state index is 12.0. The fourth-order valence-electron chi connectivity index (χ4n) is 1.47. The number of carbonyl (C=O) groups is 1. The van der Waals surface area contributed by atoms with Gasteiger partial charge in [0.25, 0.3) is 5.91 Å². The molecule has 0 radical (unpaired) electrons. The van der Waals surface area contributed by atoms with Crippen LogP contribution in [0.5, 0.6) is 0 Å². The molecule has 0 bridgehead atoms. The number of hydrogen-bond acceptors (Lipinski definition) is 4. The van der Waals surface area contributed by atoms with E-state index in [-0.39, 0.29) is 11.6 Å². The Labute approximate surface area is 119 Å². The summed E-state index contributed by atoms with van der Waals surface area (Å²) in [5.74, 6) is 0.363. The molecule has 2 N–H and O–H groups in total. The van der Waals surface area contributed by atoms with Gasteiger partial charge >= 0.3 is 0 Å². The summed E-state index contributed by atoms with van der Waals surface area (Å²) in [5.41, 5.74) is 0.975. The summed E-state index contributed by atoms with van der Waals surface area (Å²) in [6.45, 7) is 2.73. The van der Waals surface area contributed by atoms with Crippen molar-refractivity contribution in [1.82, 2.24) is 9.97 Å². The minimum atomic E-state index is -0.289. The first-order valence-electron chi connectivity index (χ1n) is 5.82. The first-order chi connectivity index (χ1) is 9.20. The Morgan fingerprint density at radius 2 is 2.05 bits per heavy atom. The highest BCUT2D eigenvalue weighted by molar-refractivity contribution is 9.10. The summed E-state index contributed by atoms with van der Waals surface area (Å²) in [7, 11) is 0. The normalized spacial score (nSPS) is 10.0. The quantitative estimate of drug-likeness (QED) is 0.909. The summed E-state index contributed by atoms with van der Waals surface area (Å²) in [6.07, 6.45) is 2.99. The molecule has 1 aromatic carbocycles. The molecule has 5 nitrogen and oxygen atoms in total. The largest absolute Gasteiger partial charge is 0.369 e. The van der Waals surface area contributed by atoms with E-state index in [4.69, 9.17) is 0 Å². The Morgan fingerprint density at radius 1 is 1.26 bits per heavy atom. The van der Waals surface area contributed by atoms with Crippen molar-refractivity contribution in [3.05, 3.63) is 46.8 Å². The number of rotatable bonds is 4. The van der Waals surface area contributed by atoms with E-state index >= 15 is 0 Å². The Morgan fingerprint density at radius 3 is 2.68 bits per heavy atom. The fraction of sp³-hybridized carbons (Fsp3) is 0.154. The number of benzene rings is 1. The van der Waals surface area contributed by atoms with Crippen LogP contribution in [0.15, 0.2) is 41.1 Å². The van der Waals surface area contributed by atoms with E-state index < -0.39 is 0 Å². The van der Waals surface area contributed by atoms with Crippen molar-refractivity contribution in [3.8, 4) is 0 Å². The molecule has 0 unspecified atom stereocenters. The second kappa shape index (κ2) is 6.29. The monoisotopic (exact) mass is 320 g/mol. The number of nitrogens with one attached hydrogen (secondary N) is 2. The number of aromatic nitrogens is 2. The van der Waals surface area contributed by atoms with Crippen LogP contribution in [0.25, 0.3) is 0 Å². The number of halogens is 1. The summed E-state index contributed by atoms with van der Waals surface area (Å²) in [5, 5.41) is 5.79. The maximum atomic E-state index is 12.0. The molecule has 98 valence electrons. The second-order valence-electron chi connectivity index (χ2n) is 3.75. The van der Waals surface area contributed by atoms with Crippen molar-refractivity contribution in [1.29, 1.82) is 0 Å². The van der Waals surface area contributed by atoms with Gasteiger partial charge in [0, 0.05) is 11.0 Å². The van der Waals surface area contributed by atoms with Gasteiger partial charge in [-0.3, -0.25) is 4.79 Å². The van der Waals surface area contributed by atoms with Crippen molar-refractivity contribution < 1.29 is 4.79 Å². The van der Waals surface area contributed by atoms with Crippen LogP contribution in [-0.4, -0.2) is 22.4 Å². The minimum Gasteiger partial charge on any atom is -0.369 e. The lowest BCUT2D eigenvalue weighted by molar-refractivity contribution is 0.102. The van der Waals surface area contributed by atoms with E-state index in [0.717, 1.165) is 11.0 Å². The Hall–Kier alpha value is -1.95. The molecular weight excluding hydrogens is 308 g/mol. The van der Waals surface area contributed by atoms with Crippen LogP contribution in [0.4, 0.5) is 11.5 Å². The van der Waals surface area contributed by atoms with E-state index in [1.807, 2.05) is 31.2 Å². The van der Waals surface area contributed by atoms with Crippen LogP contribution >= 0.6 is 15.9 Å². The summed E-state index contributed by atoms with van der Waals surface area (Å²) < 4.78 is 0.820. The average molecular weight is 321 g/mol. The van der Waals surface area contributed by atoms with E-state index in [0.29, 0.717) is 11.5 Å². The van der Waals surface area contributed by atoms with Crippen LogP contribution in [0.1, 0.15) is 17.4 Å². The highest BCUT2D eigenvalue weighted by Gasteiger charge is 2.09. The molecule has 1 amide bonds. The zero-order chi connectivity index (χ0) is 13.7. The van der Waals surface area contributed by atoms with Crippen molar-refractivity contribution in [2.45, 2.75) is 6.92 Å². The lowest BCUT2D eigenvalue weighted by Crippen LogP contribution is -2.14. The van der Waals surface area contributed by atoms with Crippen LogP contribution in [-0.2, 0) is 0 Å². The minimum absolute atomic E-state index is 0.275. The fourth-order valence-corrected chi connectivity index (χ4v) is 1.85. The Kier molecular flexibility index (Phi) is 4.46. The van der Waals surface area contributed by atoms with Gasteiger partial charge in [-0.1, -0.05) is 12.1 Å². The van der Waals surface area contributed by atoms with Gasteiger partial charge < -0.3 is 10.6 Å². The third-order valence-corrected chi connectivity index (χ3v) is 3.06. The lowest BCUT2D eigenvalue weighted by Gasteiger charge is -2.07. The third kappa shape index (κ3) is 3.51. The molecule has 19 heavy (non-hydrogen) atoms. The first kappa shape index (κ1) is 13.5. The van der Waals surface area contributed by atoms with Gasteiger partial charge in [-0.25, -0.2) is 9.97 Å². The number of carbonyl (C=O) groups excluding carboxylic acids is 1. The van der Waals surface area contributed by atoms with Crippen LogP contribution in [0.2, 0.25) is 0 Å². The number of anilines is 2. The molecule has 0 aliphatic rings. The Bertz CT molecular complexity index is 571. The standard InChI is InChI=1S/C13H13BrN4O/c1-2-15-12-8-16-11(7-17-12)13(19)18-10-6-4-3-5-9(10)14/h3-8H,2H2,1H3,(H,15,17)(H,18,19). The van der Waals surface area contributed by atoms with Crippen molar-refractivity contribution in [3.63, 3.8) is 0 Å².